The highest BCUT2D eigenvalue weighted by Gasteiger charge is 2.52. The van der Waals surface area contributed by atoms with E-state index in [1.54, 1.807) is 0 Å². The minimum absolute atomic E-state index is 0.0800. The van der Waals surface area contributed by atoms with Gasteiger partial charge in [0.1, 0.15) is 11.4 Å². The van der Waals surface area contributed by atoms with Gasteiger partial charge in [-0.1, -0.05) is 18.7 Å². The molecular weight excluding hydrogens is 392 g/mol. The van der Waals surface area contributed by atoms with Crippen molar-refractivity contribution in [2.24, 2.45) is 5.92 Å². The standard InChI is InChI=1S/C19H26N6O3S/c1-11-6-8-19(9-7-11)16(27)25(17(28)20-19)23-14(26)10-29-18-22-21-15(12-2-3-12)24(18)13-4-5-13/h11-13H,2-10H2,1H3,(H,20,28)(H,23,26). The first kappa shape index (κ1) is 18.9. The molecule has 1 aromatic heterocycles. The fourth-order valence-corrected chi connectivity index (χ4v) is 5.09. The monoisotopic (exact) mass is 418 g/mol. The predicted octanol–water partition coefficient (Wildman–Crippen LogP) is 2.11. The third kappa shape index (κ3) is 3.51. The summed E-state index contributed by atoms with van der Waals surface area (Å²) in [5.74, 6) is 1.44. The lowest BCUT2D eigenvalue weighted by Gasteiger charge is -2.33. The van der Waals surface area contributed by atoms with Crippen molar-refractivity contribution in [2.45, 2.75) is 80.9 Å². The van der Waals surface area contributed by atoms with E-state index in [2.05, 4.69) is 32.4 Å². The average molecular weight is 419 g/mol. The molecule has 10 heteroatoms. The summed E-state index contributed by atoms with van der Waals surface area (Å²) in [5.41, 5.74) is 1.64. The van der Waals surface area contributed by atoms with E-state index in [-0.39, 0.29) is 11.7 Å². The molecule has 0 aromatic carbocycles. The second-order valence-corrected chi connectivity index (χ2v) is 9.82. The summed E-state index contributed by atoms with van der Waals surface area (Å²) in [6, 6.07) is -0.0919. The molecule has 4 fully saturated rings. The molecular formula is C19H26N6O3S. The lowest BCUT2D eigenvalue weighted by Crippen LogP contribution is -2.51. The number of hydrogen-bond acceptors (Lipinski definition) is 6. The highest BCUT2D eigenvalue weighted by Crippen LogP contribution is 2.46. The number of thioether (sulfide) groups is 1. The van der Waals surface area contributed by atoms with Crippen molar-refractivity contribution in [1.29, 1.82) is 0 Å². The molecule has 3 aliphatic carbocycles. The van der Waals surface area contributed by atoms with Crippen molar-refractivity contribution >= 4 is 29.6 Å². The Morgan fingerprint density at radius 1 is 1.17 bits per heavy atom. The Morgan fingerprint density at radius 3 is 2.55 bits per heavy atom. The number of nitrogens with zero attached hydrogens (tertiary/aromatic N) is 4. The summed E-state index contributed by atoms with van der Waals surface area (Å²) in [7, 11) is 0. The van der Waals surface area contributed by atoms with Gasteiger partial charge in [-0.05, 0) is 57.3 Å². The lowest BCUT2D eigenvalue weighted by atomic mass is 9.77. The topological polar surface area (TPSA) is 109 Å². The fraction of sp³-hybridized carbons (Fsp3) is 0.737. The number of amides is 4. The van der Waals surface area contributed by atoms with Gasteiger partial charge in [0.05, 0.1) is 5.75 Å². The first-order chi connectivity index (χ1) is 14.0. The summed E-state index contributed by atoms with van der Waals surface area (Å²) >= 11 is 1.31. The minimum Gasteiger partial charge on any atom is -0.322 e. The molecule has 1 saturated heterocycles. The van der Waals surface area contributed by atoms with Crippen LogP contribution >= 0.6 is 11.8 Å². The quantitative estimate of drug-likeness (QED) is 0.541. The molecule has 0 bridgehead atoms. The van der Waals surface area contributed by atoms with Gasteiger partial charge in [-0.15, -0.1) is 10.2 Å². The van der Waals surface area contributed by atoms with Gasteiger partial charge in [-0.25, -0.2) is 4.79 Å². The number of imide groups is 1. The zero-order chi connectivity index (χ0) is 20.2. The van der Waals surface area contributed by atoms with Crippen LogP contribution in [-0.2, 0) is 9.59 Å². The van der Waals surface area contributed by atoms with Crippen molar-refractivity contribution in [3.05, 3.63) is 5.82 Å². The average Bonchev–Trinajstić information content (AvgIpc) is 3.63. The predicted molar refractivity (Wildman–Crippen MR) is 105 cm³/mol. The SMILES string of the molecule is CC1CCC2(CC1)NC(=O)N(NC(=O)CSc1nnc(C3CC3)n1C1CC1)C2=O. The molecule has 9 nitrogen and oxygen atoms in total. The Morgan fingerprint density at radius 2 is 1.90 bits per heavy atom. The van der Waals surface area contributed by atoms with Crippen LogP contribution in [0.5, 0.6) is 0 Å². The van der Waals surface area contributed by atoms with Crippen LogP contribution in [0.1, 0.15) is 76.1 Å². The first-order valence-corrected chi connectivity index (χ1v) is 11.5. The molecule has 156 valence electrons. The third-order valence-corrected chi connectivity index (χ3v) is 7.35. The summed E-state index contributed by atoms with van der Waals surface area (Å²) in [5, 5.41) is 13.0. The van der Waals surface area contributed by atoms with E-state index in [0.29, 0.717) is 30.7 Å². The number of aromatic nitrogens is 3. The van der Waals surface area contributed by atoms with E-state index in [1.165, 1.54) is 11.8 Å². The Balaban J connectivity index is 1.20. The molecule has 0 atom stereocenters. The van der Waals surface area contributed by atoms with Crippen molar-refractivity contribution < 1.29 is 14.4 Å². The fourth-order valence-electron chi connectivity index (χ4n) is 4.29. The summed E-state index contributed by atoms with van der Waals surface area (Å²) in [6.45, 7) is 2.15. The van der Waals surface area contributed by atoms with Crippen LogP contribution in [0.15, 0.2) is 5.16 Å². The van der Waals surface area contributed by atoms with Crippen LogP contribution in [-0.4, -0.2) is 48.9 Å². The Bertz CT molecular complexity index is 854. The normalized spacial score (nSPS) is 29.4. The number of urea groups is 1. The smallest absolute Gasteiger partial charge is 0.322 e. The summed E-state index contributed by atoms with van der Waals surface area (Å²) in [4.78, 5) is 37.6. The van der Waals surface area contributed by atoms with Crippen LogP contribution in [0.25, 0.3) is 0 Å². The molecule has 0 radical (unpaired) electrons. The molecule has 5 rings (SSSR count). The van der Waals surface area contributed by atoms with Crippen molar-refractivity contribution in [1.82, 2.24) is 30.5 Å². The Labute approximate surface area is 173 Å². The number of nitrogens with one attached hydrogen (secondary N) is 2. The molecule has 0 unspecified atom stereocenters. The van der Waals surface area contributed by atoms with E-state index in [4.69, 9.17) is 0 Å². The van der Waals surface area contributed by atoms with Crippen LogP contribution in [0.2, 0.25) is 0 Å². The van der Waals surface area contributed by atoms with E-state index >= 15 is 0 Å². The number of carbonyl (C=O) groups excluding carboxylic acids is 3. The lowest BCUT2D eigenvalue weighted by molar-refractivity contribution is -0.139. The second-order valence-electron chi connectivity index (χ2n) is 8.88. The maximum atomic E-state index is 12.8. The molecule has 2 heterocycles. The second kappa shape index (κ2) is 7.00. The van der Waals surface area contributed by atoms with Gasteiger partial charge in [0, 0.05) is 12.0 Å². The first-order valence-electron chi connectivity index (χ1n) is 10.5. The molecule has 1 spiro atoms. The van der Waals surface area contributed by atoms with Gasteiger partial charge in [-0.2, -0.15) is 5.01 Å². The van der Waals surface area contributed by atoms with Crippen LogP contribution in [0.4, 0.5) is 4.79 Å². The maximum absolute atomic E-state index is 12.8. The van der Waals surface area contributed by atoms with E-state index in [9.17, 15) is 14.4 Å². The van der Waals surface area contributed by atoms with Crippen LogP contribution in [0, 0.1) is 5.92 Å². The van der Waals surface area contributed by atoms with Gasteiger partial charge >= 0.3 is 6.03 Å². The molecule has 2 N–H and O–H groups in total. The van der Waals surface area contributed by atoms with Gasteiger partial charge in [0.25, 0.3) is 5.91 Å². The number of rotatable bonds is 6. The number of carbonyl (C=O) groups is 3. The zero-order valence-corrected chi connectivity index (χ0v) is 17.3. The zero-order valence-electron chi connectivity index (χ0n) is 16.5. The van der Waals surface area contributed by atoms with E-state index in [0.717, 1.165) is 54.5 Å². The molecule has 1 aromatic rings. The number of hydrazine groups is 1. The molecule has 1 aliphatic heterocycles. The third-order valence-electron chi connectivity index (χ3n) is 6.40. The number of hydrogen-bond donors (Lipinski definition) is 2. The summed E-state index contributed by atoms with van der Waals surface area (Å²) in [6.07, 6.45) is 7.59. The molecule has 3 saturated carbocycles. The minimum atomic E-state index is -0.852. The van der Waals surface area contributed by atoms with Gasteiger partial charge in [-0.3, -0.25) is 15.0 Å². The molecule has 29 heavy (non-hydrogen) atoms. The van der Waals surface area contributed by atoms with E-state index in [1.807, 2.05) is 0 Å². The van der Waals surface area contributed by atoms with Crippen molar-refractivity contribution in [3.63, 3.8) is 0 Å². The summed E-state index contributed by atoms with van der Waals surface area (Å²) < 4.78 is 2.18. The maximum Gasteiger partial charge on any atom is 0.344 e. The highest BCUT2D eigenvalue weighted by molar-refractivity contribution is 7.99. The Hall–Kier alpha value is -2.10. The van der Waals surface area contributed by atoms with Crippen molar-refractivity contribution in [2.75, 3.05) is 5.75 Å². The van der Waals surface area contributed by atoms with Crippen LogP contribution < -0.4 is 10.7 Å². The van der Waals surface area contributed by atoms with Gasteiger partial charge < -0.3 is 9.88 Å². The molecule has 4 aliphatic rings. The highest BCUT2D eigenvalue weighted by atomic mass is 32.2. The van der Waals surface area contributed by atoms with Gasteiger partial charge in [0.15, 0.2) is 5.16 Å². The Kier molecular flexibility index (Phi) is 4.56. The molecule has 4 amide bonds. The largest absolute Gasteiger partial charge is 0.344 e. The van der Waals surface area contributed by atoms with Crippen LogP contribution in [0.3, 0.4) is 0 Å². The van der Waals surface area contributed by atoms with Gasteiger partial charge in [0.2, 0.25) is 5.91 Å². The van der Waals surface area contributed by atoms with E-state index < -0.39 is 17.5 Å². The van der Waals surface area contributed by atoms with Crippen molar-refractivity contribution in [3.8, 4) is 0 Å².